The zero-order valence-electron chi connectivity index (χ0n) is 32.5. The fraction of sp³-hybridized carbons (Fsp3) is 0. The Kier molecular flexibility index (Phi) is 9.84. The van der Waals surface area contributed by atoms with Crippen molar-refractivity contribution in [3.63, 3.8) is 0 Å². The fourth-order valence-corrected chi connectivity index (χ4v) is 7.49. The lowest BCUT2D eigenvalue weighted by Crippen LogP contribution is -1.94. The van der Waals surface area contributed by atoms with Crippen LogP contribution in [0.5, 0.6) is 0 Å². The van der Waals surface area contributed by atoms with Crippen LogP contribution >= 0.6 is 0 Å². The van der Waals surface area contributed by atoms with Gasteiger partial charge in [-0.3, -0.25) is 19.9 Å². The molecule has 4 aromatic carbocycles. The summed E-state index contributed by atoms with van der Waals surface area (Å²) in [6.45, 7) is 0. The number of aromatic nitrogens is 6. The highest BCUT2D eigenvalue weighted by molar-refractivity contribution is 5.83. The number of nitrogens with zero attached hydrogens (tertiary/aromatic N) is 6. The highest BCUT2D eigenvalue weighted by Gasteiger charge is 2.14. The second-order valence-electron chi connectivity index (χ2n) is 14.4. The smallest absolute Gasteiger partial charge is 0.0900 e. The van der Waals surface area contributed by atoms with Gasteiger partial charge in [-0.15, -0.1) is 0 Å². The van der Waals surface area contributed by atoms with E-state index in [4.69, 9.17) is 9.97 Å². The molecule has 60 heavy (non-hydrogen) atoms. The molecule has 0 saturated heterocycles. The van der Waals surface area contributed by atoms with Crippen molar-refractivity contribution in [2.24, 2.45) is 0 Å². The summed E-state index contributed by atoms with van der Waals surface area (Å²) in [4.78, 5) is 28.4. The summed E-state index contributed by atoms with van der Waals surface area (Å²) in [6, 6.07) is 66.9. The van der Waals surface area contributed by atoms with E-state index in [2.05, 4.69) is 141 Å². The maximum absolute atomic E-state index is 4.97. The summed E-state index contributed by atoms with van der Waals surface area (Å²) in [7, 11) is 0. The molecule has 6 heterocycles. The van der Waals surface area contributed by atoms with Gasteiger partial charge in [-0.25, -0.2) is 9.97 Å². The Morgan fingerprint density at radius 2 is 0.417 bits per heavy atom. The Labute approximate surface area is 348 Å². The van der Waals surface area contributed by atoms with Crippen LogP contribution in [0.25, 0.3) is 101 Å². The molecule has 0 aliphatic rings. The van der Waals surface area contributed by atoms with E-state index in [1.54, 1.807) is 24.8 Å². The second kappa shape index (κ2) is 16.3. The third-order valence-electron chi connectivity index (χ3n) is 10.5. The van der Waals surface area contributed by atoms with Crippen molar-refractivity contribution in [3.8, 4) is 101 Å². The number of pyridine rings is 6. The summed E-state index contributed by atoms with van der Waals surface area (Å²) in [5, 5.41) is 0. The van der Waals surface area contributed by atoms with E-state index in [9.17, 15) is 0 Å². The van der Waals surface area contributed by atoms with Crippen LogP contribution in [-0.4, -0.2) is 29.9 Å². The Morgan fingerprint density at radius 3 is 0.633 bits per heavy atom. The van der Waals surface area contributed by atoms with Gasteiger partial charge in [0, 0.05) is 24.8 Å². The van der Waals surface area contributed by atoms with Crippen molar-refractivity contribution in [1.29, 1.82) is 0 Å². The van der Waals surface area contributed by atoms with Gasteiger partial charge < -0.3 is 0 Å². The van der Waals surface area contributed by atoms with Gasteiger partial charge in [-0.1, -0.05) is 97.1 Å². The molecule has 0 saturated carbocycles. The van der Waals surface area contributed by atoms with Gasteiger partial charge in [-0.05, 0) is 153 Å². The maximum atomic E-state index is 4.97. The van der Waals surface area contributed by atoms with Gasteiger partial charge in [-0.2, -0.15) is 0 Å². The number of hydrogen-bond donors (Lipinski definition) is 0. The molecule has 0 aliphatic heterocycles. The van der Waals surface area contributed by atoms with Crippen LogP contribution in [0.3, 0.4) is 0 Å². The van der Waals surface area contributed by atoms with Gasteiger partial charge in [0.25, 0.3) is 0 Å². The van der Waals surface area contributed by atoms with Gasteiger partial charge >= 0.3 is 0 Å². The topological polar surface area (TPSA) is 77.3 Å². The van der Waals surface area contributed by atoms with Crippen LogP contribution in [0.15, 0.2) is 219 Å². The minimum atomic E-state index is 0.802. The molecule has 0 aliphatic carbocycles. The average Bonchev–Trinajstić information content (AvgIpc) is 3.35. The van der Waals surface area contributed by atoms with Crippen molar-refractivity contribution < 1.29 is 0 Å². The first kappa shape index (κ1) is 36.1. The molecule has 0 amide bonds. The maximum Gasteiger partial charge on any atom is 0.0900 e. The van der Waals surface area contributed by atoms with Crippen molar-refractivity contribution in [3.05, 3.63) is 219 Å². The third kappa shape index (κ3) is 7.73. The van der Waals surface area contributed by atoms with Gasteiger partial charge in [0.2, 0.25) is 0 Å². The summed E-state index contributed by atoms with van der Waals surface area (Å²) < 4.78 is 0. The quantitative estimate of drug-likeness (QED) is 0.145. The highest BCUT2D eigenvalue weighted by atomic mass is 14.8. The molecule has 0 fully saturated rings. The zero-order valence-corrected chi connectivity index (χ0v) is 32.5. The first-order valence-electron chi connectivity index (χ1n) is 19.8. The first-order chi connectivity index (χ1) is 29.7. The summed E-state index contributed by atoms with van der Waals surface area (Å²) in [6.07, 6.45) is 7.19. The first-order valence-corrected chi connectivity index (χ1v) is 19.8. The molecule has 0 radical (unpaired) electrons. The predicted molar refractivity (Wildman–Crippen MR) is 242 cm³/mol. The minimum absolute atomic E-state index is 0.802. The summed E-state index contributed by atoms with van der Waals surface area (Å²) in [5.41, 5.74) is 17.5. The molecular weight excluding hydrogens is 733 g/mol. The molecule has 10 rings (SSSR count). The van der Waals surface area contributed by atoms with Crippen LogP contribution in [-0.2, 0) is 0 Å². The van der Waals surface area contributed by atoms with Crippen molar-refractivity contribution in [2.75, 3.05) is 0 Å². The predicted octanol–water partition coefficient (Wildman–Crippen LogP) is 13.1. The van der Waals surface area contributed by atoms with E-state index in [-0.39, 0.29) is 0 Å². The summed E-state index contributed by atoms with van der Waals surface area (Å²) >= 11 is 0. The fourth-order valence-electron chi connectivity index (χ4n) is 7.49. The molecule has 0 atom stereocenters. The van der Waals surface area contributed by atoms with Crippen LogP contribution in [0, 0.1) is 0 Å². The Bertz CT molecular complexity index is 2750. The van der Waals surface area contributed by atoms with Crippen LogP contribution in [0.2, 0.25) is 0 Å². The number of benzene rings is 4. The van der Waals surface area contributed by atoms with Crippen LogP contribution < -0.4 is 0 Å². The average molecular weight is 769 g/mol. The van der Waals surface area contributed by atoms with Crippen molar-refractivity contribution in [2.45, 2.75) is 0 Å². The van der Waals surface area contributed by atoms with E-state index in [0.717, 1.165) is 101 Å². The van der Waals surface area contributed by atoms with Crippen LogP contribution in [0.1, 0.15) is 0 Å². The Hall–Kier alpha value is -8.22. The van der Waals surface area contributed by atoms with Crippen LogP contribution in [0.4, 0.5) is 0 Å². The second-order valence-corrected chi connectivity index (χ2v) is 14.4. The number of hydrogen-bond acceptors (Lipinski definition) is 6. The lowest BCUT2D eigenvalue weighted by molar-refractivity contribution is 1.22. The highest BCUT2D eigenvalue weighted by Crippen LogP contribution is 2.36. The SMILES string of the molecule is c1ccc(-c2cc(-c3cccc(-c4cccc(-c5cccc(-c6cccc(-c7cc(-c8ccccn8)nc(-c8ccccn8)c7)c6)c5)c4)c3)cc(-c3ccccn3)n2)nc1. The van der Waals surface area contributed by atoms with Gasteiger partial charge in [0.15, 0.2) is 0 Å². The van der Waals surface area contributed by atoms with E-state index in [1.165, 1.54) is 0 Å². The zero-order chi connectivity index (χ0) is 40.1. The lowest BCUT2D eigenvalue weighted by atomic mass is 9.93. The van der Waals surface area contributed by atoms with E-state index in [1.807, 2.05) is 72.8 Å². The normalized spacial score (nSPS) is 11.0. The number of rotatable bonds is 9. The van der Waals surface area contributed by atoms with Gasteiger partial charge in [0.1, 0.15) is 0 Å². The van der Waals surface area contributed by atoms with Crippen molar-refractivity contribution >= 4 is 0 Å². The molecule has 6 nitrogen and oxygen atoms in total. The monoisotopic (exact) mass is 768 g/mol. The Balaban J connectivity index is 0.975. The lowest BCUT2D eigenvalue weighted by Gasteiger charge is -2.12. The largest absolute Gasteiger partial charge is 0.255 e. The molecule has 0 unspecified atom stereocenters. The van der Waals surface area contributed by atoms with Gasteiger partial charge in [0.05, 0.1) is 45.6 Å². The molecule has 10 aromatic rings. The Morgan fingerprint density at radius 1 is 0.183 bits per heavy atom. The molecule has 6 heteroatoms. The molecule has 6 aromatic heterocycles. The molecular formula is C54H36N6. The van der Waals surface area contributed by atoms with E-state index < -0.39 is 0 Å². The summed E-state index contributed by atoms with van der Waals surface area (Å²) in [5.74, 6) is 0. The van der Waals surface area contributed by atoms with E-state index >= 15 is 0 Å². The molecule has 0 bridgehead atoms. The third-order valence-corrected chi connectivity index (χ3v) is 10.5. The molecule has 0 N–H and O–H groups in total. The van der Waals surface area contributed by atoms with E-state index in [0.29, 0.717) is 0 Å². The van der Waals surface area contributed by atoms with Crippen molar-refractivity contribution in [1.82, 2.24) is 29.9 Å². The standard InChI is InChI=1S/C54H36N6/c1-5-25-55-47(21-1)51-33-45(34-52(59-51)48-22-2-6-26-56-48)43-19-11-17-41(31-43)39-15-9-13-37(29-39)38-14-10-16-40(30-38)42-18-12-20-44(32-42)46-35-53(49-23-3-7-27-57-49)60-54(36-46)50-24-4-8-28-58-50/h1-36H. The molecule has 282 valence electrons. The molecule has 0 spiro atoms. The minimum Gasteiger partial charge on any atom is -0.255 e.